The van der Waals surface area contributed by atoms with Crippen LogP contribution in [0.1, 0.15) is 34.9 Å². The first-order chi connectivity index (χ1) is 11.8. The average molecular weight is 342 g/mol. The molecule has 1 saturated heterocycles. The molecule has 0 bridgehead atoms. The summed E-state index contributed by atoms with van der Waals surface area (Å²) in [4.78, 5) is 4.94. The first kappa shape index (κ1) is 14.7. The SMILES string of the molecule is c1cc2c(cc1CN1CCN(c3nnc(C4CC4)s3)CC1)CCO2. The molecule has 1 aliphatic carbocycles. The van der Waals surface area contributed by atoms with Crippen LogP contribution < -0.4 is 9.64 Å². The van der Waals surface area contributed by atoms with Crippen LogP contribution in [0.5, 0.6) is 5.75 Å². The van der Waals surface area contributed by atoms with Crippen molar-refractivity contribution in [2.75, 3.05) is 37.7 Å². The van der Waals surface area contributed by atoms with Crippen LogP contribution in [0.15, 0.2) is 18.2 Å². The summed E-state index contributed by atoms with van der Waals surface area (Å²) in [5.41, 5.74) is 2.77. The van der Waals surface area contributed by atoms with Gasteiger partial charge in [-0.15, -0.1) is 10.2 Å². The Hall–Kier alpha value is -1.66. The summed E-state index contributed by atoms with van der Waals surface area (Å²) >= 11 is 1.80. The summed E-state index contributed by atoms with van der Waals surface area (Å²) < 4.78 is 5.60. The van der Waals surface area contributed by atoms with Crippen molar-refractivity contribution < 1.29 is 4.74 Å². The molecule has 5 rings (SSSR count). The third-order valence-electron chi connectivity index (χ3n) is 5.16. The maximum absolute atomic E-state index is 5.60. The molecule has 5 nitrogen and oxygen atoms in total. The largest absolute Gasteiger partial charge is 0.493 e. The Kier molecular flexibility index (Phi) is 3.67. The minimum Gasteiger partial charge on any atom is -0.493 e. The van der Waals surface area contributed by atoms with E-state index < -0.39 is 0 Å². The molecule has 0 radical (unpaired) electrons. The lowest BCUT2D eigenvalue weighted by Gasteiger charge is -2.34. The Balaban J connectivity index is 1.19. The third kappa shape index (κ3) is 2.89. The average Bonchev–Trinajstić information content (AvgIpc) is 3.16. The lowest BCUT2D eigenvalue weighted by molar-refractivity contribution is 0.249. The summed E-state index contributed by atoms with van der Waals surface area (Å²) in [6.45, 7) is 6.14. The van der Waals surface area contributed by atoms with Gasteiger partial charge in [-0.3, -0.25) is 4.90 Å². The Labute approximate surface area is 146 Å². The van der Waals surface area contributed by atoms with E-state index in [-0.39, 0.29) is 0 Å². The van der Waals surface area contributed by atoms with E-state index in [1.165, 1.54) is 29.0 Å². The molecule has 0 unspecified atom stereocenters. The molecule has 1 saturated carbocycles. The van der Waals surface area contributed by atoms with Crippen LogP contribution >= 0.6 is 11.3 Å². The maximum atomic E-state index is 5.60. The summed E-state index contributed by atoms with van der Waals surface area (Å²) in [6, 6.07) is 6.67. The quantitative estimate of drug-likeness (QED) is 0.854. The smallest absolute Gasteiger partial charge is 0.208 e. The fourth-order valence-corrected chi connectivity index (χ4v) is 4.61. The van der Waals surface area contributed by atoms with E-state index >= 15 is 0 Å². The zero-order chi connectivity index (χ0) is 15.9. The lowest BCUT2D eigenvalue weighted by Crippen LogP contribution is -2.45. The number of nitrogens with zero attached hydrogens (tertiary/aromatic N) is 4. The molecule has 0 spiro atoms. The fraction of sp³-hybridized carbons (Fsp3) is 0.556. The molecule has 1 aromatic heterocycles. The molecule has 3 aliphatic rings. The van der Waals surface area contributed by atoms with Crippen molar-refractivity contribution in [3.05, 3.63) is 34.3 Å². The third-order valence-corrected chi connectivity index (χ3v) is 6.31. The fourth-order valence-electron chi connectivity index (χ4n) is 3.54. The number of anilines is 1. The number of benzene rings is 1. The zero-order valence-electron chi connectivity index (χ0n) is 13.8. The van der Waals surface area contributed by atoms with E-state index in [9.17, 15) is 0 Å². The molecule has 0 N–H and O–H groups in total. The number of fused-ring (bicyclic) bond motifs is 1. The van der Waals surface area contributed by atoms with E-state index in [0.717, 1.165) is 56.6 Å². The minimum atomic E-state index is 0.710. The van der Waals surface area contributed by atoms with Crippen LogP contribution in [0.2, 0.25) is 0 Å². The van der Waals surface area contributed by atoms with Crippen LogP contribution in [0.3, 0.4) is 0 Å². The Morgan fingerprint density at radius 1 is 1.12 bits per heavy atom. The second-order valence-corrected chi connectivity index (χ2v) is 7.99. The van der Waals surface area contributed by atoms with Crippen molar-refractivity contribution in [3.8, 4) is 5.75 Å². The number of hydrogen-bond acceptors (Lipinski definition) is 6. The zero-order valence-corrected chi connectivity index (χ0v) is 14.6. The molecule has 0 amide bonds. The van der Waals surface area contributed by atoms with Crippen molar-refractivity contribution in [1.82, 2.24) is 15.1 Å². The van der Waals surface area contributed by atoms with E-state index in [0.29, 0.717) is 5.92 Å². The van der Waals surface area contributed by atoms with Crippen molar-refractivity contribution >= 4 is 16.5 Å². The van der Waals surface area contributed by atoms with E-state index in [4.69, 9.17) is 4.74 Å². The van der Waals surface area contributed by atoms with Gasteiger partial charge in [0.1, 0.15) is 10.8 Å². The second-order valence-electron chi connectivity index (χ2n) is 7.00. The monoisotopic (exact) mass is 342 g/mol. The van der Waals surface area contributed by atoms with Gasteiger partial charge in [0.2, 0.25) is 5.13 Å². The van der Waals surface area contributed by atoms with Crippen molar-refractivity contribution in [2.45, 2.75) is 31.7 Å². The summed E-state index contributed by atoms with van der Waals surface area (Å²) in [6.07, 6.45) is 3.65. The maximum Gasteiger partial charge on any atom is 0.208 e. The van der Waals surface area contributed by atoms with Crippen LogP contribution in [-0.2, 0) is 13.0 Å². The molecule has 1 aromatic carbocycles. The number of hydrogen-bond donors (Lipinski definition) is 0. The normalized spacial score (nSPS) is 20.9. The first-order valence-corrected chi connectivity index (χ1v) is 9.72. The van der Waals surface area contributed by atoms with Gasteiger partial charge >= 0.3 is 0 Å². The predicted molar refractivity (Wildman–Crippen MR) is 95.0 cm³/mol. The molecule has 2 fully saturated rings. The molecule has 2 aliphatic heterocycles. The van der Waals surface area contributed by atoms with Crippen molar-refractivity contribution in [1.29, 1.82) is 0 Å². The van der Waals surface area contributed by atoms with Gasteiger partial charge in [0, 0.05) is 45.1 Å². The van der Waals surface area contributed by atoms with Crippen LogP contribution in [0, 0.1) is 0 Å². The highest BCUT2D eigenvalue weighted by atomic mass is 32.1. The van der Waals surface area contributed by atoms with Crippen LogP contribution in [0.25, 0.3) is 0 Å². The Morgan fingerprint density at radius 3 is 2.83 bits per heavy atom. The highest BCUT2D eigenvalue weighted by Gasteiger charge is 2.29. The number of ether oxygens (including phenoxy) is 1. The molecule has 24 heavy (non-hydrogen) atoms. The van der Waals surface area contributed by atoms with E-state index in [1.807, 2.05) is 0 Å². The predicted octanol–water partition coefficient (Wildman–Crippen LogP) is 2.67. The number of rotatable bonds is 4. The second kappa shape index (κ2) is 6.01. The highest BCUT2D eigenvalue weighted by Crippen LogP contribution is 2.42. The molecule has 2 aromatic rings. The number of aromatic nitrogens is 2. The van der Waals surface area contributed by atoms with Crippen LogP contribution in [0.4, 0.5) is 5.13 Å². The summed E-state index contributed by atoms with van der Waals surface area (Å²) in [5, 5.41) is 11.1. The molecule has 126 valence electrons. The van der Waals surface area contributed by atoms with E-state index in [1.54, 1.807) is 11.3 Å². The molecule has 0 atom stereocenters. The summed E-state index contributed by atoms with van der Waals surface area (Å²) in [5.74, 6) is 1.78. The minimum absolute atomic E-state index is 0.710. The van der Waals surface area contributed by atoms with Gasteiger partial charge in [-0.2, -0.15) is 0 Å². The van der Waals surface area contributed by atoms with Gasteiger partial charge in [-0.05, 0) is 30.0 Å². The molecule has 6 heteroatoms. The molecular weight excluding hydrogens is 320 g/mol. The molecule has 3 heterocycles. The van der Waals surface area contributed by atoms with E-state index in [2.05, 4.69) is 38.2 Å². The van der Waals surface area contributed by atoms with Gasteiger partial charge in [-0.1, -0.05) is 23.5 Å². The highest BCUT2D eigenvalue weighted by molar-refractivity contribution is 7.15. The Bertz CT molecular complexity index is 734. The summed E-state index contributed by atoms with van der Waals surface area (Å²) in [7, 11) is 0. The standard InChI is InChI=1S/C18H22N4OS/c1-4-16-15(5-10-23-16)11-13(1)12-21-6-8-22(9-7-21)18-20-19-17(24-18)14-2-3-14/h1,4,11,14H,2-3,5-10,12H2. The Morgan fingerprint density at radius 2 is 2.00 bits per heavy atom. The number of piperazine rings is 1. The van der Waals surface area contributed by atoms with Crippen molar-refractivity contribution in [3.63, 3.8) is 0 Å². The van der Waals surface area contributed by atoms with Gasteiger partial charge < -0.3 is 9.64 Å². The lowest BCUT2D eigenvalue weighted by atomic mass is 10.1. The van der Waals surface area contributed by atoms with Gasteiger partial charge in [0.15, 0.2) is 0 Å². The van der Waals surface area contributed by atoms with Gasteiger partial charge in [-0.25, -0.2) is 0 Å². The van der Waals surface area contributed by atoms with Gasteiger partial charge in [0.05, 0.1) is 6.61 Å². The van der Waals surface area contributed by atoms with Gasteiger partial charge in [0.25, 0.3) is 0 Å². The topological polar surface area (TPSA) is 41.5 Å². The first-order valence-electron chi connectivity index (χ1n) is 8.90. The van der Waals surface area contributed by atoms with Crippen LogP contribution in [-0.4, -0.2) is 47.9 Å². The van der Waals surface area contributed by atoms with Crippen molar-refractivity contribution in [2.24, 2.45) is 0 Å². The molecular formula is C18H22N4OS.